The highest BCUT2D eigenvalue weighted by molar-refractivity contribution is 6.16. The first-order chi connectivity index (χ1) is 16.2. The van der Waals surface area contributed by atoms with Gasteiger partial charge in [0.1, 0.15) is 33.5 Å². The molecule has 0 bridgehead atoms. The fourth-order valence-electron chi connectivity index (χ4n) is 3.87. The highest BCUT2D eigenvalue weighted by atomic mass is 15.1. The summed E-state index contributed by atoms with van der Waals surface area (Å²) in [5, 5.41) is 23.9. The van der Waals surface area contributed by atoms with Crippen molar-refractivity contribution in [3.63, 3.8) is 0 Å². The molecule has 0 fully saturated rings. The van der Waals surface area contributed by atoms with Crippen LogP contribution in [-0.2, 0) is 0 Å². The average Bonchev–Trinajstić information content (AvgIpc) is 2.86. The van der Waals surface area contributed by atoms with Crippen molar-refractivity contribution in [2.45, 2.75) is 0 Å². The summed E-state index contributed by atoms with van der Waals surface area (Å²) in [6.45, 7) is 0. The summed E-state index contributed by atoms with van der Waals surface area (Å²) in [7, 11) is 1.92. The third-order valence-electron chi connectivity index (χ3n) is 5.31. The van der Waals surface area contributed by atoms with Crippen molar-refractivity contribution in [2.24, 2.45) is 4.99 Å². The number of hydrogen-bond donors (Lipinski definition) is 0. The minimum absolute atomic E-state index is 0.382. The van der Waals surface area contributed by atoms with E-state index in [0.29, 0.717) is 50.3 Å². The van der Waals surface area contributed by atoms with Crippen molar-refractivity contribution in [2.75, 3.05) is 7.05 Å². The summed E-state index contributed by atoms with van der Waals surface area (Å²) in [5.74, 6) is 0. The number of pyridine rings is 1. The molecule has 155 valence electrons. The van der Waals surface area contributed by atoms with Crippen LogP contribution in [0, 0.1) is 22.9 Å². The van der Waals surface area contributed by atoms with E-state index >= 15 is 0 Å². The van der Waals surface area contributed by atoms with Crippen LogP contribution >= 0.6 is 0 Å². The first-order valence-electron chi connectivity index (χ1n) is 10.1. The van der Waals surface area contributed by atoms with Gasteiger partial charge in [0.2, 0.25) is 12.4 Å². The van der Waals surface area contributed by atoms with E-state index < -0.39 is 0 Å². The Kier molecular flexibility index (Phi) is 4.94. The average molecular weight is 427 g/mol. The first-order valence-corrected chi connectivity index (χ1v) is 10.1. The predicted molar refractivity (Wildman–Crippen MR) is 122 cm³/mol. The zero-order valence-electron chi connectivity index (χ0n) is 17.5. The van der Waals surface area contributed by atoms with E-state index in [1.165, 1.54) is 0 Å². The predicted octanol–water partition coefficient (Wildman–Crippen LogP) is 1.54. The van der Waals surface area contributed by atoms with Gasteiger partial charge in [-0.3, -0.25) is 4.98 Å². The molecule has 33 heavy (non-hydrogen) atoms. The van der Waals surface area contributed by atoms with E-state index in [9.17, 15) is 10.5 Å². The molecule has 8 heteroatoms. The lowest BCUT2D eigenvalue weighted by molar-refractivity contribution is 0.647. The minimum Gasteiger partial charge on any atom is -0.349 e. The fourth-order valence-corrected chi connectivity index (χ4v) is 3.87. The van der Waals surface area contributed by atoms with Crippen LogP contribution in [0.25, 0.3) is 22.8 Å². The molecule has 5 rings (SSSR count). The van der Waals surface area contributed by atoms with Gasteiger partial charge in [0, 0.05) is 30.6 Å². The molecule has 1 aliphatic heterocycles. The number of aliphatic imine (C=N–C) groups is 1. The van der Waals surface area contributed by atoms with Crippen molar-refractivity contribution in [1.82, 2.24) is 25.2 Å². The smallest absolute Gasteiger partial charge is 0.206 e. The van der Waals surface area contributed by atoms with Crippen LogP contribution in [0.1, 0.15) is 16.8 Å². The molecule has 1 radical (unpaired) electrons. The van der Waals surface area contributed by atoms with Crippen molar-refractivity contribution < 1.29 is 0 Å². The minimum atomic E-state index is 0.382. The molecule has 3 heterocycles. The number of likely N-dealkylation sites (N-methyl/N-ethyl adjacent to an activating group) is 1. The molecule has 1 aliphatic carbocycles. The lowest BCUT2D eigenvalue weighted by atomic mass is 9.92. The molecule has 2 aromatic heterocycles. The van der Waals surface area contributed by atoms with Crippen LogP contribution in [0.2, 0.25) is 0 Å². The van der Waals surface area contributed by atoms with Gasteiger partial charge in [-0.1, -0.05) is 36.4 Å². The number of allylic oxidation sites excluding steroid dienone is 2. The molecule has 0 unspecified atom stereocenters. The monoisotopic (exact) mass is 427 g/mol. The van der Waals surface area contributed by atoms with Crippen molar-refractivity contribution in [1.29, 1.82) is 10.5 Å². The number of rotatable bonds is 2. The van der Waals surface area contributed by atoms with Gasteiger partial charge in [0.05, 0.1) is 11.4 Å². The van der Waals surface area contributed by atoms with Crippen LogP contribution in [-0.4, -0.2) is 32.6 Å². The highest BCUT2D eigenvalue weighted by Gasteiger charge is 2.27. The van der Waals surface area contributed by atoms with Crippen LogP contribution < -0.4 is 16.0 Å². The van der Waals surface area contributed by atoms with Gasteiger partial charge in [0.25, 0.3) is 0 Å². The number of fused-ring (bicyclic) bond motifs is 2. The topological polar surface area (TPSA) is 116 Å². The molecule has 0 saturated carbocycles. The van der Waals surface area contributed by atoms with Gasteiger partial charge < -0.3 is 4.90 Å². The summed E-state index contributed by atoms with van der Waals surface area (Å²) in [6, 6.07) is 12.9. The maximum Gasteiger partial charge on any atom is 0.206 e. The summed E-state index contributed by atoms with van der Waals surface area (Å²) >= 11 is 0. The SMILES string of the molecule is CN1C=CC=C/C1=c1/nc2c(nc1-c1ccccn1)=C([N]C#N)c1ccccc1C2=NC#N. The second-order valence-electron chi connectivity index (χ2n) is 7.20. The Labute approximate surface area is 189 Å². The molecule has 0 saturated heterocycles. The quantitative estimate of drug-likeness (QED) is 0.573. The molecular weight excluding hydrogens is 412 g/mol. The molecule has 3 aromatic rings. The molecule has 0 amide bonds. The Bertz CT molecular complexity index is 1570. The lowest BCUT2D eigenvalue weighted by Crippen LogP contribution is -2.38. The number of aromatic nitrogens is 3. The molecule has 8 nitrogen and oxygen atoms in total. The van der Waals surface area contributed by atoms with E-state index in [0.717, 1.165) is 5.70 Å². The first kappa shape index (κ1) is 19.9. The van der Waals surface area contributed by atoms with E-state index in [2.05, 4.69) is 15.3 Å². The molecule has 2 aliphatic rings. The van der Waals surface area contributed by atoms with Gasteiger partial charge in [-0.25, -0.2) is 9.97 Å². The Morgan fingerprint density at radius 1 is 0.879 bits per heavy atom. The standard InChI is InChI=1S/C25H15N8/c1-33-13-7-5-11-19(33)23-22(18-10-4-6-12-28-18)31-24-20(29-14-26)16-8-2-3-9-17(16)21(30-15-27)25(24)32-23/h2-13H,1H3/b23-19-,30-21?. The maximum atomic E-state index is 9.42. The van der Waals surface area contributed by atoms with E-state index in [4.69, 9.17) is 9.97 Å². The number of benzene rings is 1. The molecular formula is C25H15N8. The normalized spacial score (nSPS) is 16.6. The van der Waals surface area contributed by atoms with Gasteiger partial charge >= 0.3 is 0 Å². The zero-order chi connectivity index (χ0) is 22.8. The highest BCUT2D eigenvalue weighted by Crippen LogP contribution is 2.23. The van der Waals surface area contributed by atoms with Crippen LogP contribution in [0.15, 0.2) is 78.1 Å². The van der Waals surface area contributed by atoms with Crippen LogP contribution in [0.3, 0.4) is 0 Å². The van der Waals surface area contributed by atoms with Crippen molar-refractivity contribution >= 4 is 17.1 Å². The fraction of sp³-hybridized carbons (Fsp3) is 0.0400. The van der Waals surface area contributed by atoms with E-state index in [1.54, 1.807) is 6.20 Å². The number of hydrogen-bond acceptors (Lipinski definition) is 7. The number of nitrogens with zero attached hydrogens (tertiary/aromatic N) is 8. The van der Waals surface area contributed by atoms with Crippen molar-refractivity contribution in [3.05, 3.63) is 101 Å². The van der Waals surface area contributed by atoms with Gasteiger partial charge in [-0.2, -0.15) is 20.8 Å². The lowest BCUT2D eigenvalue weighted by Gasteiger charge is -2.21. The number of nitriles is 2. The maximum absolute atomic E-state index is 9.42. The van der Waals surface area contributed by atoms with Gasteiger partial charge in [-0.05, 0) is 24.3 Å². The Morgan fingerprint density at radius 2 is 1.67 bits per heavy atom. The van der Waals surface area contributed by atoms with Crippen LogP contribution in [0.5, 0.6) is 0 Å². The van der Waals surface area contributed by atoms with Crippen molar-refractivity contribution in [3.8, 4) is 23.8 Å². The third kappa shape index (κ3) is 3.32. The molecule has 0 N–H and O–H groups in total. The van der Waals surface area contributed by atoms with Crippen LogP contribution in [0.4, 0.5) is 0 Å². The van der Waals surface area contributed by atoms with Gasteiger partial charge in [0.15, 0.2) is 0 Å². The Balaban J connectivity index is 2.00. The second-order valence-corrected chi connectivity index (χ2v) is 7.20. The molecule has 0 atom stereocenters. The van der Waals surface area contributed by atoms with Gasteiger partial charge in [-0.15, -0.1) is 0 Å². The third-order valence-corrected chi connectivity index (χ3v) is 5.31. The Morgan fingerprint density at radius 3 is 2.39 bits per heavy atom. The molecule has 1 aromatic carbocycles. The molecule has 0 spiro atoms. The van der Waals surface area contributed by atoms with E-state index in [-0.39, 0.29) is 0 Å². The summed E-state index contributed by atoms with van der Waals surface area (Å²) in [5.41, 5.74) is 4.47. The Hall–Kier alpha value is -5.08. The zero-order valence-corrected chi connectivity index (χ0v) is 17.5. The summed E-state index contributed by atoms with van der Waals surface area (Å²) in [4.78, 5) is 20.4. The van der Waals surface area contributed by atoms with E-state index in [1.807, 2.05) is 91.2 Å². The summed E-state index contributed by atoms with van der Waals surface area (Å²) < 4.78 is 0. The second kappa shape index (κ2) is 8.22. The summed E-state index contributed by atoms with van der Waals surface area (Å²) in [6.07, 6.45) is 13.1. The largest absolute Gasteiger partial charge is 0.349 e.